The molecule has 0 fully saturated rings. The van der Waals surface area contributed by atoms with Crippen LogP contribution in [0.2, 0.25) is 0 Å². The van der Waals surface area contributed by atoms with E-state index in [9.17, 15) is 4.79 Å². The number of fused-ring (bicyclic) bond motifs is 1. The fraction of sp³-hybridized carbons (Fsp3) is 0.316. The Labute approximate surface area is 146 Å². The van der Waals surface area contributed by atoms with Crippen LogP contribution in [0, 0.1) is 0 Å². The quantitative estimate of drug-likeness (QED) is 0.866. The van der Waals surface area contributed by atoms with Crippen LogP contribution in [0.3, 0.4) is 0 Å². The predicted molar refractivity (Wildman–Crippen MR) is 96.1 cm³/mol. The molecule has 0 bridgehead atoms. The number of rotatable bonds is 4. The van der Waals surface area contributed by atoms with Crippen molar-refractivity contribution in [2.45, 2.75) is 26.0 Å². The number of aliphatic hydroxyl groups excluding tert-OH is 1. The first-order valence-electron chi connectivity index (χ1n) is 7.96. The van der Waals surface area contributed by atoms with Crippen molar-refractivity contribution < 1.29 is 14.6 Å². The zero-order valence-electron chi connectivity index (χ0n) is 13.9. The maximum Gasteiger partial charge on any atom is 0.247 e. The van der Waals surface area contributed by atoms with Crippen molar-refractivity contribution in [2.75, 3.05) is 13.7 Å². The number of aliphatic hydroxyl groups is 1. The van der Waals surface area contributed by atoms with E-state index in [2.05, 4.69) is 13.0 Å². The van der Waals surface area contributed by atoms with Crippen LogP contribution < -0.4 is 4.74 Å². The molecule has 3 rings (SSSR count). The van der Waals surface area contributed by atoms with Crippen LogP contribution in [0.5, 0.6) is 5.75 Å². The average molecular weight is 343 g/mol. The second-order valence-corrected chi connectivity index (χ2v) is 6.81. The highest BCUT2D eigenvalue weighted by Gasteiger charge is 2.26. The molecular weight excluding hydrogens is 322 g/mol. The number of methoxy groups -OCH3 is 1. The van der Waals surface area contributed by atoms with Gasteiger partial charge in [-0.1, -0.05) is 6.07 Å². The molecule has 0 spiro atoms. The van der Waals surface area contributed by atoms with E-state index in [1.54, 1.807) is 13.2 Å². The van der Waals surface area contributed by atoms with Crippen molar-refractivity contribution >= 4 is 23.3 Å². The lowest BCUT2D eigenvalue weighted by Gasteiger charge is -2.34. The molecule has 0 saturated carbocycles. The van der Waals surface area contributed by atoms with E-state index in [0.29, 0.717) is 0 Å². The third-order valence-corrected chi connectivity index (χ3v) is 5.37. The van der Waals surface area contributed by atoms with E-state index in [4.69, 9.17) is 9.84 Å². The Morgan fingerprint density at radius 1 is 1.46 bits per heavy atom. The predicted octanol–water partition coefficient (Wildman–Crippen LogP) is 3.41. The van der Waals surface area contributed by atoms with Gasteiger partial charge in [-0.25, -0.2) is 0 Å². The largest absolute Gasteiger partial charge is 0.497 e. The van der Waals surface area contributed by atoms with Gasteiger partial charge in [-0.3, -0.25) is 4.79 Å². The summed E-state index contributed by atoms with van der Waals surface area (Å²) in [6.45, 7) is 2.80. The maximum atomic E-state index is 12.6. The van der Waals surface area contributed by atoms with Gasteiger partial charge in [0.2, 0.25) is 5.91 Å². The molecule has 5 heteroatoms. The third kappa shape index (κ3) is 3.37. The minimum atomic E-state index is 0.00918. The van der Waals surface area contributed by atoms with Gasteiger partial charge in [-0.15, -0.1) is 11.3 Å². The van der Waals surface area contributed by atoms with E-state index in [1.807, 2.05) is 34.6 Å². The van der Waals surface area contributed by atoms with Gasteiger partial charge in [0.1, 0.15) is 5.75 Å². The molecule has 1 aliphatic heterocycles. The summed E-state index contributed by atoms with van der Waals surface area (Å²) in [5.74, 6) is 0.829. The zero-order valence-corrected chi connectivity index (χ0v) is 14.7. The van der Waals surface area contributed by atoms with Crippen molar-refractivity contribution in [3.05, 3.63) is 57.3 Å². The standard InChI is InChI=1S/C19H21NO3S/c1-13-18-10-16(23-2)4-3-15(18)7-8-20(13)19(22)6-5-17-9-14(11-21)12-24-17/h3-6,9-10,12-13,21H,7-8,11H2,1-2H3. The summed E-state index contributed by atoms with van der Waals surface area (Å²) >= 11 is 1.52. The van der Waals surface area contributed by atoms with Gasteiger partial charge in [-0.2, -0.15) is 0 Å². The lowest BCUT2D eigenvalue weighted by atomic mass is 9.93. The van der Waals surface area contributed by atoms with Crippen molar-refractivity contribution in [3.8, 4) is 5.75 Å². The van der Waals surface area contributed by atoms with Crippen LogP contribution in [0.25, 0.3) is 6.08 Å². The number of benzene rings is 1. The fourth-order valence-electron chi connectivity index (χ4n) is 3.03. The molecule has 1 aromatic carbocycles. The average Bonchev–Trinajstić information content (AvgIpc) is 3.08. The van der Waals surface area contributed by atoms with Crippen LogP contribution in [0.1, 0.15) is 34.5 Å². The van der Waals surface area contributed by atoms with E-state index >= 15 is 0 Å². The van der Waals surface area contributed by atoms with Gasteiger partial charge in [0.15, 0.2) is 0 Å². The van der Waals surface area contributed by atoms with Gasteiger partial charge in [-0.05, 0) is 59.7 Å². The summed E-state index contributed by atoms with van der Waals surface area (Å²) in [6, 6.07) is 8.00. The van der Waals surface area contributed by atoms with Crippen molar-refractivity contribution in [3.63, 3.8) is 0 Å². The summed E-state index contributed by atoms with van der Waals surface area (Å²) in [5, 5.41) is 11.0. The molecule has 126 valence electrons. The smallest absolute Gasteiger partial charge is 0.247 e. The molecule has 1 aliphatic rings. The highest BCUT2D eigenvalue weighted by molar-refractivity contribution is 7.11. The Morgan fingerprint density at radius 3 is 3.00 bits per heavy atom. The first-order valence-corrected chi connectivity index (χ1v) is 8.84. The molecule has 0 aliphatic carbocycles. The summed E-state index contributed by atoms with van der Waals surface area (Å²) < 4.78 is 5.31. The molecule has 4 nitrogen and oxygen atoms in total. The number of carbonyl (C=O) groups excluding carboxylic acids is 1. The molecule has 0 saturated heterocycles. The molecule has 1 unspecified atom stereocenters. The van der Waals surface area contributed by atoms with Crippen molar-refractivity contribution in [2.24, 2.45) is 0 Å². The molecule has 1 amide bonds. The zero-order chi connectivity index (χ0) is 17.1. The highest BCUT2D eigenvalue weighted by Crippen LogP contribution is 2.32. The Hall–Kier alpha value is -2.11. The number of thiophene rings is 1. The Balaban J connectivity index is 1.75. The van der Waals surface area contributed by atoms with Gasteiger partial charge >= 0.3 is 0 Å². The molecule has 2 aromatic rings. The lowest BCUT2D eigenvalue weighted by Crippen LogP contribution is -2.37. The van der Waals surface area contributed by atoms with Crippen molar-refractivity contribution in [1.82, 2.24) is 4.90 Å². The van der Waals surface area contributed by atoms with Crippen LogP contribution in [-0.4, -0.2) is 29.6 Å². The van der Waals surface area contributed by atoms with Gasteiger partial charge in [0.25, 0.3) is 0 Å². The minimum Gasteiger partial charge on any atom is -0.497 e. The van der Waals surface area contributed by atoms with E-state index < -0.39 is 0 Å². The fourth-order valence-corrected chi connectivity index (χ4v) is 3.83. The lowest BCUT2D eigenvalue weighted by molar-refractivity contribution is -0.128. The van der Waals surface area contributed by atoms with E-state index in [-0.39, 0.29) is 18.6 Å². The number of hydrogen-bond acceptors (Lipinski definition) is 4. The SMILES string of the molecule is COc1ccc2c(c1)C(C)N(C(=O)C=Cc1cc(CO)cs1)CC2. The highest BCUT2D eigenvalue weighted by atomic mass is 32.1. The van der Waals surface area contributed by atoms with Gasteiger partial charge < -0.3 is 14.7 Å². The third-order valence-electron chi connectivity index (χ3n) is 4.42. The number of amides is 1. The number of ether oxygens (including phenoxy) is 1. The molecule has 1 aromatic heterocycles. The summed E-state index contributed by atoms with van der Waals surface area (Å²) in [7, 11) is 1.66. The second-order valence-electron chi connectivity index (χ2n) is 5.87. The van der Waals surface area contributed by atoms with Gasteiger partial charge in [0.05, 0.1) is 19.8 Å². The normalized spacial score (nSPS) is 17.1. The monoisotopic (exact) mass is 343 g/mol. The summed E-state index contributed by atoms with van der Waals surface area (Å²) in [5.41, 5.74) is 3.31. The molecule has 1 atom stereocenters. The molecule has 0 radical (unpaired) electrons. The van der Waals surface area contributed by atoms with Crippen LogP contribution in [0.15, 0.2) is 35.7 Å². The Kier molecular flexibility index (Phi) is 5.02. The minimum absolute atomic E-state index is 0.00918. The first kappa shape index (κ1) is 16.7. The Bertz CT molecular complexity index is 766. The maximum absolute atomic E-state index is 12.6. The molecule has 1 N–H and O–H groups in total. The Morgan fingerprint density at radius 2 is 2.29 bits per heavy atom. The topological polar surface area (TPSA) is 49.8 Å². The van der Waals surface area contributed by atoms with Crippen LogP contribution >= 0.6 is 11.3 Å². The van der Waals surface area contributed by atoms with E-state index in [0.717, 1.165) is 34.7 Å². The van der Waals surface area contributed by atoms with E-state index in [1.165, 1.54) is 16.9 Å². The molecule has 24 heavy (non-hydrogen) atoms. The first-order chi connectivity index (χ1) is 11.6. The van der Waals surface area contributed by atoms with Gasteiger partial charge in [0, 0.05) is 17.5 Å². The summed E-state index contributed by atoms with van der Waals surface area (Å²) in [6.07, 6.45) is 4.30. The number of hydrogen-bond donors (Lipinski definition) is 1. The number of carbonyl (C=O) groups is 1. The van der Waals surface area contributed by atoms with Crippen LogP contribution in [0.4, 0.5) is 0 Å². The van der Waals surface area contributed by atoms with Crippen LogP contribution in [-0.2, 0) is 17.8 Å². The summed E-state index contributed by atoms with van der Waals surface area (Å²) in [4.78, 5) is 15.4. The second kappa shape index (κ2) is 7.20. The van der Waals surface area contributed by atoms with Crippen molar-refractivity contribution in [1.29, 1.82) is 0 Å². The molecular formula is C19H21NO3S. The number of nitrogens with zero attached hydrogens (tertiary/aromatic N) is 1. The molecule has 2 heterocycles.